The second-order valence-corrected chi connectivity index (χ2v) is 5.49. The zero-order valence-corrected chi connectivity index (χ0v) is 11.7. The average molecular weight is 296 g/mol. The van der Waals surface area contributed by atoms with Gasteiger partial charge in [-0.2, -0.15) is 13.2 Å². The number of urea groups is 1. The molecular weight excluding hydrogens is 273 g/mol. The van der Waals surface area contributed by atoms with Gasteiger partial charge in [0.05, 0.1) is 5.92 Å². The van der Waals surface area contributed by atoms with Crippen LogP contribution in [0.2, 0.25) is 0 Å². The number of carbonyl (C=O) groups excluding carboxylic acids is 1. The molecule has 1 saturated carbocycles. The fraction of sp³-hybridized carbons (Fsp3) is 0.923. The first kappa shape index (κ1) is 17.1. The van der Waals surface area contributed by atoms with Crippen LogP contribution in [0.4, 0.5) is 18.0 Å². The summed E-state index contributed by atoms with van der Waals surface area (Å²) in [5.74, 6) is -1.31. The third kappa shape index (κ3) is 5.98. The molecule has 0 heterocycles. The highest BCUT2D eigenvalue weighted by Gasteiger charge is 2.42. The Labute approximate surface area is 117 Å². The molecule has 3 N–H and O–H groups in total. The quantitative estimate of drug-likeness (QED) is 0.730. The Morgan fingerprint density at radius 2 is 2.10 bits per heavy atom. The van der Waals surface area contributed by atoms with Gasteiger partial charge in [0.15, 0.2) is 0 Å². The maximum absolute atomic E-state index is 12.6. The smallest absolute Gasteiger partial charge is 0.391 e. The molecule has 0 aromatic heterocycles. The van der Waals surface area contributed by atoms with E-state index in [1.54, 1.807) is 6.92 Å². The van der Waals surface area contributed by atoms with Crippen LogP contribution < -0.4 is 10.6 Å². The van der Waals surface area contributed by atoms with Gasteiger partial charge in [0.1, 0.15) is 0 Å². The van der Waals surface area contributed by atoms with E-state index in [0.717, 1.165) is 0 Å². The first-order valence-corrected chi connectivity index (χ1v) is 7.07. The molecule has 20 heavy (non-hydrogen) atoms. The minimum Gasteiger partial charge on any atom is -0.396 e. The molecule has 1 aliphatic rings. The third-order valence-corrected chi connectivity index (χ3v) is 3.65. The zero-order valence-electron chi connectivity index (χ0n) is 11.7. The van der Waals surface area contributed by atoms with Gasteiger partial charge in [-0.3, -0.25) is 0 Å². The van der Waals surface area contributed by atoms with Gasteiger partial charge in [0.25, 0.3) is 0 Å². The second kappa shape index (κ2) is 7.71. The summed E-state index contributed by atoms with van der Waals surface area (Å²) in [4.78, 5) is 11.7. The molecule has 2 amide bonds. The van der Waals surface area contributed by atoms with E-state index in [2.05, 4.69) is 10.6 Å². The number of rotatable bonds is 5. The summed E-state index contributed by atoms with van der Waals surface area (Å²) < 4.78 is 37.9. The zero-order chi connectivity index (χ0) is 15.2. The molecule has 0 aromatic carbocycles. The van der Waals surface area contributed by atoms with E-state index in [0.29, 0.717) is 25.7 Å². The fourth-order valence-corrected chi connectivity index (χ4v) is 2.54. The van der Waals surface area contributed by atoms with E-state index >= 15 is 0 Å². The Kier molecular flexibility index (Phi) is 6.58. The van der Waals surface area contributed by atoms with Crippen LogP contribution in [-0.4, -0.2) is 36.0 Å². The van der Waals surface area contributed by atoms with Crippen LogP contribution in [0.15, 0.2) is 0 Å². The Morgan fingerprint density at radius 3 is 2.70 bits per heavy atom. The SMILES string of the molecule is CC(CCCO)NC(=O)NC1CCCC(C(F)(F)F)C1. The van der Waals surface area contributed by atoms with Crippen molar-refractivity contribution in [1.82, 2.24) is 10.6 Å². The average Bonchev–Trinajstić information content (AvgIpc) is 2.35. The first-order valence-electron chi connectivity index (χ1n) is 7.07. The molecule has 7 heteroatoms. The van der Waals surface area contributed by atoms with Crippen LogP contribution in [0, 0.1) is 5.92 Å². The molecule has 118 valence electrons. The van der Waals surface area contributed by atoms with E-state index in [1.807, 2.05) is 0 Å². The normalized spacial score (nSPS) is 25.1. The van der Waals surface area contributed by atoms with Crippen molar-refractivity contribution in [3.8, 4) is 0 Å². The predicted octanol–water partition coefficient (Wildman–Crippen LogP) is 2.57. The maximum atomic E-state index is 12.6. The molecule has 1 fully saturated rings. The Morgan fingerprint density at radius 1 is 1.40 bits per heavy atom. The number of nitrogens with one attached hydrogen (secondary N) is 2. The van der Waals surface area contributed by atoms with Gasteiger partial charge in [0.2, 0.25) is 0 Å². The van der Waals surface area contributed by atoms with Crippen LogP contribution in [0.5, 0.6) is 0 Å². The highest BCUT2D eigenvalue weighted by Crippen LogP contribution is 2.37. The molecule has 4 nitrogen and oxygen atoms in total. The van der Waals surface area contributed by atoms with Crippen LogP contribution in [0.25, 0.3) is 0 Å². The molecule has 0 saturated heterocycles. The van der Waals surface area contributed by atoms with Gasteiger partial charge in [-0.1, -0.05) is 6.42 Å². The van der Waals surface area contributed by atoms with Gasteiger partial charge in [-0.05, 0) is 39.0 Å². The number of aliphatic hydroxyl groups excluding tert-OH is 1. The summed E-state index contributed by atoms with van der Waals surface area (Å²) in [6.45, 7) is 1.86. The minimum atomic E-state index is -4.18. The van der Waals surface area contributed by atoms with Crippen LogP contribution in [-0.2, 0) is 0 Å². The van der Waals surface area contributed by atoms with Crippen molar-refractivity contribution in [2.45, 2.75) is 63.7 Å². The number of aliphatic hydroxyl groups is 1. The number of halogens is 3. The van der Waals surface area contributed by atoms with E-state index in [1.165, 1.54) is 0 Å². The largest absolute Gasteiger partial charge is 0.396 e. The topological polar surface area (TPSA) is 61.4 Å². The highest BCUT2D eigenvalue weighted by molar-refractivity contribution is 5.74. The van der Waals surface area contributed by atoms with Crippen molar-refractivity contribution in [1.29, 1.82) is 0 Å². The molecule has 0 radical (unpaired) electrons. The molecule has 1 rings (SSSR count). The minimum absolute atomic E-state index is 0.0397. The lowest BCUT2D eigenvalue weighted by Crippen LogP contribution is -2.48. The molecule has 3 atom stereocenters. The predicted molar refractivity (Wildman–Crippen MR) is 69.3 cm³/mol. The van der Waals surface area contributed by atoms with Crippen molar-refractivity contribution < 1.29 is 23.1 Å². The Hall–Kier alpha value is -0.980. The molecule has 0 bridgehead atoms. The fourth-order valence-electron chi connectivity index (χ4n) is 2.54. The summed E-state index contributed by atoms with van der Waals surface area (Å²) in [7, 11) is 0. The summed E-state index contributed by atoms with van der Waals surface area (Å²) in [6.07, 6.45) is -1.77. The van der Waals surface area contributed by atoms with Crippen LogP contribution in [0.3, 0.4) is 0 Å². The van der Waals surface area contributed by atoms with E-state index < -0.39 is 24.2 Å². The Bertz CT molecular complexity index is 310. The highest BCUT2D eigenvalue weighted by atomic mass is 19.4. The lowest BCUT2D eigenvalue weighted by Gasteiger charge is -2.31. The van der Waals surface area contributed by atoms with Gasteiger partial charge in [-0.25, -0.2) is 4.79 Å². The maximum Gasteiger partial charge on any atom is 0.391 e. The van der Waals surface area contributed by atoms with E-state index in [-0.39, 0.29) is 25.5 Å². The van der Waals surface area contributed by atoms with Crippen molar-refractivity contribution >= 4 is 6.03 Å². The van der Waals surface area contributed by atoms with Gasteiger partial charge in [0, 0.05) is 18.7 Å². The van der Waals surface area contributed by atoms with Crippen LogP contribution in [0.1, 0.15) is 45.4 Å². The van der Waals surface area contributed by atoms with E-state index in [9.17, 15) is 18.0 Å². The number of hydrogen-bond acceptors (Lipinski definition) is 2. The third-order valence-electron chi connectivity index (χ3n) is 3.65. The van der Waals surface area contributed by atoms with Crippen molar-refractivity contribution in [2.24, 2.45) is 5.92 Å². The number of carbonyl (C=O) groups is 1. The van der Waals surface area contributed by atoms with Crippen molar-refractivity contribution in [3.05, 3.63) is 0 Å². The molecule has 0 spiro atoms. The van der Waals surface area contributed by atoms with Crippen LogP contribution >= 0.6 is 0 Å². The molecular formula is C13H23F3N2O2. The number of hydrogen-bond donors (Lipinski definition) is 3. The summed E-state index contributed by atoms with van der Waals surface area (Å²) in [6, 6.07) is -0.951. The van der Waals surface area contributed by atoms with Gasteiger partial charge in [-0.15, -0.1) is 0 Å². The lowest BCUT2D eigenvalue weighted by atomic mass is 9.85. The summed E-state index contributed by atoms with van der Waals surface area (Å²) >= 11 is 0. The molecule has 0 aromatic rings. The van der Waals surface area contributed by atoms with Gasteiger partial charge < -0.3 is 15.7 Å². The molecule has 1 aliphatic carbocycles. The number of amides is 2. The molecule has 0 aliphatic heterocycles. The van der Waals surface area contributed by atoms with E-state index in [4.69, 9.17) is 5.11 Å². The second-order valence-electron chi connectivity index (χ2n) is 5.49. The summed E-state index contributed by atoms with van der Waals surface area (Å²) in [5.41, 5.74) is 0. The van der Waals surface area contributed by atoms with Gasteiger partial charge >= 0.3 is 12.2 Å². The number of alkyl halides is 3. The van der Waals surface area contributed by atoms with Crippen molar-refractivity contribution in [3.63, 3.8) is 0 Å². The monoisotopic (exact) mass is 296 g/mol. The van der Waals surface area contributed by atoms with Crippen molar-refractivity contribution in [2.75, 3.05) is 6.61 Å². The lowest BCUT2D eigenvalue weighted by molar-refractivity contribution is -0.183. The standard InChI is InChI=1S/C13H23F3N2O2/c1-9(4-3-7-19)17-12(20)18-11-6-2-5-10(8-11)13(14,15)16/h9-11,19H,2-8H2,1H3,(H2,17,18,20). The molecule has 3 unspecified atom stereocenters. The summed E-state index contributed by atoms with van der Waals surface area (Å²) in [5, 5.41) is 14.0. The first-order chi connectivity index (χ1) is 9.32. The Balaban J connectivity index is 2.34.